The van der Waals surface area contributed by atoms with Gasteiger partial charge in [0.15, 0.2) is 0 Å². The predicted octanol–water partition coefficient (Wildman–Crippen LogP) is 4.00. The first-order valence-electron chi connectivity index (χ1n) is 6.75. The normalized spacial score (nSPS) is 12.4. The molecule has 0 spiro atoms. The van der Waals surface area contributed by atoms with Gasteiger partial charge in [-0.05, 0) is 55.2 Å². The molecule has 1 unspecified atom stereocenters. The van der Waals surface area contributed by atoms with E-state index < -0.39 is 0 Å². The summed E-state index contributed by atoms with van der Waals surface area (Å²) in [7, 11) is 0. The molecule has 2 aromatic carbocycles. The molecule has 2 N–H and O–H groups in total. The van der Waals surface area contributed by atoms with Crippen molar-refractivity contribution >= 4 is 0 Å². The molecule has 2 rings (SSSR count). The number of hydrogen-bond donors (Lipinski definition) is 2. The third-order valence-electron chi connectivity index (χ3n) is 3.50. The molecule has 0 amide bonds. The zero-order valence-corrected chi connectivity index (χ0v) is 12.1. The number of benzene rings is 2. The topological polar surface area (TPSA) is 32.3 Å². The maximum absolute atomic E-state index is 13.6. The summed E-state index contributed by atoms with van der Waals surface area (Å²) in [6, 6.07) is 11.1. The zero-order valence-electron chi connectivity index (χ0n) is 12.1. The summed E-state index contributed by atoms with van der Waals surface area (Å²) in [6.45, 7) is 6.32. The minimum absolute atomic E-state index is 0.125. The molecular formula is C17H20FNO. The van der Waals surface area contributed by atoms with Crippen molar-refractivity contribution in [3.05, 3.63) is 64.5 Å². The van der Waals surface area contributed by atoms with Crippen LogP contribution in [0.1, 0.15) is 35.2 Å². The van der Waals surface area contributed by atoms with Crippen LogP contribution in [0, 0.1) is 19.7 Å². The lowest BCUT2D eigenvalue weighted by Gasteiger charge is -2.15. The van der Waals surface area contributed by atoms with Crippen LogP contribution < -0.4 is 5.32 Å². The molecule has 0 saturated heterocycles. The van der Waals surface area contributed by atoms with Crippen LogP contribution in [0.15, 0.2) is 36.4 Å². The Kier molecular flexibility index (Phi) is 4.40. The van der Waals surface area contributed by atoms with E-state index in [1.807, 2.05) is 24.3 Å². The largest absolute Gasteiger partial charge is 0.508 e. The second-order valence-electron chi connectivity index (χ2n) is 5.24. The summed E-state index contributed by atoms with van der Waals surface area (Å²) in [5, 5.41) is 12.7. The zero-order chi connectivity index (χ0) is 14.7. The lowest BCUT2D eigenvalue weighted by Crippen LogP contribution is -2.18. The molecule has 1 atom stereocenters. The molecule has 20 heavy (non-hydrogen) atoms. The van der Waals surface area contributed by atoms with Crippen molar-refractivity contribution in [1.82, 2.24) is 5.32 Å². The van der Waals surface area contributed by atoms with Crippen LogP contribution in [0.5, 0.6) is 5.75 Å². The van der Waals surface area contributed by atoms with Gasteiger partial charge in [-0.1, -0.05) is 24.3 Å². The summed E-state index contributed by atoms with van der Waals surface area (Å²) in [4.78, 5) is 0. The number of rotatable bonds is 4. The average Bonchev–Trinajstić information content (AvgIpc) is 2.42. The van der Waals surface area contributed by atoms with Gasteiger partial charge in [-0.3, -0.25) is 0 Å². The monoisotopic (exact) mass is 273 g/mol. The van der Waals surface area contributed by atoms with E-state index in [0.717, 1.165) is 11.1 Å². The summed E-state index contributed by atoms with van der Waals surface area (Å²) >= 11 is 0. The van der Waals surface area contributed by atoms with Crippen molar-refractivity contribution < 1.29 is 9.50 Å². The molecule has 2 aromatic rings. The number of nitrogens with one attached hydrogen (secondary N) is 1. The minimum atomic E-state index is -0.125. The standard InChI is InChI=1S/C17H20FNO/c1-11-8-14(9-12(2)17(11)18)10-19-13(3)15-4-6-16(20)7-5-15/h4-9,13,19-20H,10H2,1-3H3. The van der Waals surface area contributed by atoms with Gasteiger partial charge < -0.3 is 10.4 Å². The summed E-state index contributed by atoms with van der Waals surface area (Å²) in [5.41, 5.74) is 3.54. The Labute approximate surface area is 119 Å². The molecule has 0 heterocycles. The Morgan fingerprint density at radius 2 is 1.65 bits per heavy atom. The molecule has 0 aliphatic heterocycles. The molecule has 0 fully saturated rings. The summed E-state index contributed by atoms with van der Waals surface area (Å²) < 4.78 is 13.6. The van der Waals surface area contributed by atoms with Crippen molar-refractivity contribution in [3.63, 3.8) is 0 Å². The van der Waals surface area contributed by atoms with E-state index in [1.54, 1.807) is 26.0 Å². The maximum atomic E-state index is 13.6. The van der Waals surface area contributed by atoms with Crippen molar-refractivity contribution in [2.45, 2.75) is 33.4 Å². The minimum Gasteiger partial charge on any atom is -0.508 e. The van der Waals surface area contributed by atoms with E-state index in [9.17, 15) is 9.50 Å². The number of halogens is 1. The molecule has 106 valence electrons. The first-order valence-corrected chi connectivity index (χ1v) is 6.75. The third kappa shape index (κ3) is 3.36. The van der Waals surface area contributed by atoms with Gasteiger partial charge in [0.2, 0.25) is 0 Å². The van der Waals surface area contributed by atoms with Gasteiger partial charge in [-0.25, -0.2) is 4.39 Å². The maximum Gasteiger partial charge on any atom is 0.129 e. The lowest BCUT2D eigenvalue weighted by molar-refractivity contribution is 0.474. The van der Waals surface area contributed by atoms with Crippen LogP contribution in [-0.2, 0) is 6.54 Å². The van der Waals surface area contributed by atoms with Crippen LogP contribution in [0.4, 0.5) is 4.39 Å². The van der Waals surface area contributed by atoms with Gasteiger partial charge in [0, 0.05) is 12.6 Å². The highest BCUT2D eigenvalue weighted by Gasteiger charge is 2.07. The fraction of sp³-hybridized carbons (Fsp3) is 0.294. The lowest BCUT2D eigenvalue weighted by atomic mass is 10.0. The first kappa shape index (κ1) is 14.5. The van der Waals surface area contributed by atoms with E-state index in [4.69, 9.17) is 0 Å². The van der Waals surface area contributed by atoms with Gasteiger partial charge in [0.05, 0.1) is 0 Å². The third-order valence-corrected chi connectivity index (χ3v) is 3.50. The summed E-state index contributed by atoms with van der Waals surface area (Å²) in [6.07, 6.45) is 0. The highest BCUT2D eigenvalue weighted by Crippen LogP contribution is 2.18. The number of phenolic OH excluding ortho intramolecular Hbond substituents is 1. The molecule has 0 bridgehead atoms. The average molecular weight is 273 g/mol. The highest BCUT2D eigenvalue weighted by molar-refractivity contribution is 5.31. The van der Waals surface area contributed by atoms with E-state index >= 15 is 0 Å². The molecule has 0 aliphatic carbocycles. The van der Waals surface area contributed by atoms with Gasteiger partial charge in [0.25, 0.3) is 0 Å². The van der Waals surface area contributed by atoms with Gasteiger partial charge in [-0.15, -0.1) is 0 Å². The van der Waals surface area contributed by atoms with Crippen molar-refractivity contribution in [3.8, 4) is 5.75 Å². The first-order chi connectivity index (χ1) is 9.47. The van der Waals surface area contributed by atoms with Crippen molar-refractivity contribution in [2.75, 3.05) is 0 Å². The Morgan fingerprint density at radius 1 is 1.10 bits per heavy atom. The molecule has 3 heteroatoms. The van der Waals surface area contributed by atoms with Crippen molar-refractivity contribution in [1.29, 1.82) is 0 Å². The summed E-state index contributed by atoms with van der Waals surface area (Å²) in [5.74, 6) is 0.145. The fourth-order valence-corrected chi connectivity index (χ4v) is 2.29. The van der Waals surface area contributed by atoms with Crippen LogP contribution in [0.25, 0.3) is 0 Å². The van der Waals surface area contributed by atoms with E-state index in [2.05, 4.69) is 12.2 Å². The number of hydrogen-bond acceptors (Lipinski definition) is 2. The molecule has 0 aromatic heterocycles. The van der Waals surface area contributed by atoms with Crippen LogP contribution >= 0.6 is 0 Å². The molecule has 0 radical (unpaired) electrons. The second kappa shape index (κ2) is 6.06. The second-order valence-corrected chi connectivity index (χ2v) is 5.24. The Morgan fingerprint density at radius 3 is 2.20 bits per heavy atom. The predicted molar refractivity (Wildman–Crippen MR) is 79.2 cm³/mol. The molecule has 2 nitrogen and oxygen atoms in total. The fourth-order valence-electron chi connectivity index (χ4n) is 2.29. The van der Waals surface area contributed by atoms with Crippen LogP contribution in [0.2, 0.25) is 0 Å². The van der Waals surface area contributed by atoms with Crippen molar-refractivity contribution in [2.24, 2.45) is 0 Å². The van der Waals surface area contributed by atoms with E-state index in [0.29, 0.717) is 17.7 Å². The number of aromatic hydroxyl groups is 1. The Hall–Kier alpha value is -1.87. The highest BCUT2D eigenvalue weighted by atomic mass is 19.1. The van der Waals surface area contributed by atoms with Gasteiger partial charge in [-0.2, -0.15) is 0 Å². The van der Waals surface area contributed by atoms with E-state index in [-0.39, 0.29) is 17.6 Å². The smallest absolute Gasteiger partial charge is 0.129 e. The quantitative estimate of drug-likeness (QED) is 0.882. The van der Waals surface area contributed by atoms with Crippen LogP contribution in [-0.4, -0.2) is 5.11 Å². The van der Waals surface area contributed by atoms with Crippen LogP contribution in [0.3, 0.4) is 0 Å². The van der Waals surface area contributed by atoms with Gasteiger partial charge >= 0.3 is 0 Å². The molecule has 0 aliphatic rings. The Bertz CT molecular complexity index is 569. The SMILES string of the molecule is Cc1cc(CNC(C)c2ccc(O)cc2)cc(C)c1F. The van der Waals surface area contributed by atoms with Gasteiger partial charge in [0.1, 0.15) is 11.6 Å². The molecular weight excluding hydrogens is 253 g/mol. The number of aryl methyl sites for hydroxylation is 2. The number of phenols is 1. The Balaban J connectivity index is 2.03. The molecule has 0 saturated carbocycles. The van der Waals surface area contributed by atoms with E-state index in [1.165, 1.54) is 0 Å².